The van der Waals surface area contributed by atoms with Crippen LogP contribution in [-0.4, -0.2) is 26.5 Å². The Morgan fingerprint density at radius 3 is 2.58 bits per heavy atom. The van der Waals surface area contributed by atoms with Crippen LogP contribution in [0.4, 0.5) is 0 Å². The summed E-state index contributed by atoms with van der Waals surface area (Å²) in [5, 5.41) is 0.405. The molecule has 2 aromatic heterocycles. The van der Waals surface area contributed by atoms with E-state index in [1.807, 2.05) is 30.3 Å². The summed E-state index contributed by atoms with van der Waals surface area (Å²) in [6, 6.07) is 18.6. The summed E-state index contributed by atoms with van der Waals surface area (Å²) in [5.74, 6) is 2.20. The molecule has 1 saturated carbocycles. The number of hydrogen-bond donors (Lipinski definition) is 1. The van der Waals surface area contributed by atoms with Crippen molar-refractivity contribution in [2.24, 2.45) is 5.92 Å². The van der Waals surface area contributed by atoms with Crippen molar-refractivity contribution in [3.05, 3.63) is 87.9 Å². The van der Waals surface area contributed by atoms with Crippen LogP contribution < -0.4 is 15.2 Å². The number of rotatable bonds is 8. The Balaban J connectivity index is 1.43. The van der Waals surface area contributed by atoms with E-state index in [1.54, 1.807) is 36.5 Å². The second-order valence-corrected chi connectivity index (χ2v) is 8.26. The minimum atomic E-state index is -0.544. The smallest absolute Gasteiger partial charge is 0.348 e. The van der Waals surface area contributed by atoms with Crippen LogP contribution in [-0.2, 0) is 6.61 Å². The van der Waals surface area contributed by atoms with E-state index in [0.717, 1.165) is 5.56 Å². The summed E-state index contributed by atoms with van der Waals surface area (Å²) in [5.41, 5.74) is 1.56. The molecule has 1 fully saturated rings. The Labute approximate surface area is 195 Å². The molecule has 2 aromatic carbocycles. The minimum absolute atomic E-state index is 0.240. The molecule has 0 bridgehead atoms. The first-order valence-electron chi connectivity index (χ1n) is 10.7. The van der Waals surface area contributed by atoms with Crippen LogP contribution in [0.15, 0.2) is 71.7 Å². The van der Waals surface area contributed by atoms with E-state index >= 15 is 0 Å². The molecule has 4 aromatic rings. The second kappa shape index (κ2) is 9.42. The fraction of sp³-hybridized carbons (Fsp3) is 0.200. The molecule has 5 rings (SSSR count). The molecule has 2 heterocycles. The molecule has 1 aliphatic carbocycles. The van der Waals surface area contributed by atoms with E-state index < -0.39 is 5.69 Å². The molecular weight excluding hydrogens is 440 g/mol. The standard InChI is InChI=1S/C25H21ClN4O3/c26-19-7-4-8-20(32-14-16-5-2-1-3-6-16)22(19)24-28-23(29-25(31)30-24)18-11-12-21(27-13-18)33-15-17-9-10-17/h1-8,11-13,17H,9-10,14-15H2,(H,28,29,30,31). The van der Waals surface area contributed by atoms with E-state index in [1.165, 1.54) is 12.8 Å². The van der Waals surface area contributed by atoms with Gasteiger partial charge in [-0.2, -0.15) is 4.98 Å². The van der Waals surface area contributed by atoms with Gasteiger partial charge in [0.25, 0.3) is 0 Å². The van der Waals surface area contributed by atoms with Gasteiger partial charge in [-0.1, -0.05) is 48.0 Å². The zero-order valence-electron chi connectivity index (χ0n) is 17.7. The maximum atomic E-state index is 12.4. The minimum Gasteiger partial charge on any atom is -0.488 e. The summed E-state index contributed by atoms with van der Waals surface area (Å²) in [6.45, 7) is 1.03. The van der Waals surface area contributed by atoms with Crippen molar-refractivity contribution in [2.75, 3.05) is 6.61 Å². The predicted molar refractivity (Wildman–Crippen MR) is 125 cm³/mol. The average Bonchev–Trinajstić information content (AvgIpc) is 3.67. The molecule has 0 aliphatic heterocycles. The van der Waals surface area contributed by atoms with Gasteiger partial charge in [0, 0.05) is 17.8 Å². The molecule has 1 N–H and O–H groups in total. The lowest BCUT2D eigenvalue weighted by molar-refractivity contribution is 0.288. The summed E-state index contributed by atoms with van der Waals surface area (Å²) < 4.78 is 11.7. The molecule has 0 saturated heterocycles. The first-order chi connectivity index (χ1) is 16.2. The number of halogens is 1. The highest BCUT2D eigenvalue weighted by Crippen LogP contribution is 2.35. The van der Waals surface area contributed by atoms with E-state index in [0.29, 0.717) is 46.9 Å². The van der Waals surface area contributed by atoms with E-state index in [9.17, 15) is 4.79 Å². The van der Waals surface area contributed by atoms with Gasteiger partial charge in [-0.3, -0.25) is 4.98 Å². The Hall–Kier alpha value is -3.71. The number of ether oxygens (including phenoxy) is 2. The van der Waals surface area contributed by atoms with Gasteiger partial charge in [-0.25, -0.2) is 14.8 Å². The topological polar surface area (TPSA) is 90.0 Å². The monoisotopic (exact) mass is 460 g/mol. The normalized spacial score (nSPS) is 13.0. The molecule has 0 amide bonds. The van der Waals surface area contributed by atoms with Crippen molar-refractivity contribution < 1.29 is 9.47 Å². The highest BCUT2D eigenvalue weighted by atomic mass is 35.5. The average molecular weight is 461 g/mol. The molecule has 0 atom stereocenters. The number of benzene rings is 2. The largest absolute Gasteiger partial charge is 0.488 e. The van der Waals surface area contributed by atoms with Gasteiger partial charge in [0.2, 0.25) is 5.88 Å². The highest BCUT2D eigenvalue weighted by molar-refractivity contribution is 6.33. The van der Waals surface area contributed by atoms with Crippen LogP contribution in [0.2, 0.25) is 5.02 Å². The third-order valence-electron chi connectivity index (χ3n) is 5.26. The lowest BCUT2D eigenvalue weighted by atomic mass is 10.1. The van der Waals surface area contributed by atoms with Gasteiger partial charge in [-0.05, 0) is 42.5 Å². The molecule has 0 radical (unpaired) electrons. The predicted octanol–water partition coefficient (Wildman–Crippen LogP) is 4.92. The molecule has 0 unspecified atom stereocenters. The lowest BCUT2D eigenvalue weighted by Crippen LogP contribution is -2.15. The first kappa shape index (κ1) is 21.2. The number of aromatic amines is 1. The van der Waals surface area contributed by atoms with Crippen molar-refractivity contribution >= 4 is 11.6 Å². The van der Waals surface area contributed by atoms with Crippen molar-refractivity contribution in [3.63, 3.8) is 0 Å². The van der Waals surface area contributed by atoms with Gasteiger partial charge in [0.1, 0.15) is 18.2 Å². The molecule has 1 aliphatic rings. The van der Waals surface area contributed by atoms with Crippen molar-refractivity contribution in [1.29, 1.82) is 0 Å². The van der Waals surface area contributed by atoms with Crippen molar-refractivity contribution in [3.8, 4) is 34.4 Å². The summed E-state index contributed by atoms with van der Waals surface area (Å²) in [6.07, 6.45) is 4.02. The fourth-order valence-corrected chi connectivity index (χ4v) is 3.56. The summed E-state index contributed by atoms with van der Waals surface area (Å²) in [4.78, 5) is 27.9. The second-order valence-electron chi connectivity index (χ2n) is 7.85. The van der Waals surface area contributed by atoms with Crippen LogP contribution in [0, 0.1) is 5.92 Å². The lowest BCUT2D eigenvalue weighted by Gasteiger charge is -2.13. The summed E-state index contributed by atoms with van der Waals surface area (Å²) in [7, 11) is 0. The maximum Gasteiger partial charge on any atom is 0.348 e. The maximum absolute atomic E-state index is 12.4. The van der Waals surface area contributed by atoms with Crippen molar-refractivity contribution in [1.82, 2.24) is 19.9 Å². The first-order valence-corrected chi connectivity index (χ1v) is 11.1. The number of nitrogens with one attached hydrogen (secondary N) is 1. The zero-order valence-corrected chi connectivity index (χ0v) is 18.5. The van der Waals surface area contributed by atoms with E-state index in [4.69, 9.17) is 21.1 Å². The van der Waals surface area contributed by atoms with Gasteiger partial charge in [-0.15, -0.1) is 0 Å². The highest BCUT2D eigenvalue weighted by Gasteiger charge is 2.22. The molecule has 166 valence electrons. The van der Waals surface area contributed by atoms with Crippen LogP contribution >= 0.6 is 11.6 Å². The molecule has 0 spiro atoms. The fourth-order valence-electron chi connectivity index (χ4n) is 3.31. The van der Waals surface area contributed by atoms with Crippen LogP contribution in [0.5, 0.6) is 11.6 Å². The SMILES string of the molecule is O=c1nc(-c2ccc(OCC3CC3)nc2)nc(-c2c(Cl)cccc2OCc2ccccc2)[nH]1. The van der Waals surface area contributed by atoms with Gasteiger partial charge >= 0.3 is 5.69 Å². The molecule has 7 nitrogen and oxygen atoms in total. The van der Waals surface area contributed by atoms with E-state index in [2.05, 4.69) is 19.9 Å². The molecule has 8 heteroatoms. The molecule has 33 heavy (non-hydrogen) atoms. The Kier molecular flexibility index (Phi) is 6.04. The Morgan fingerprint density at radius 2 is 1.82 bits per heavy atom. The third kappa shape index (κ3) is 5.21. The van der Waals surface area contributed by atoms with Gasteiger partial charge in [0.15, 0.2) is 5.82 Å². The third-order valence-corrected chi connectivity index (χ3v) is 5.57. The summed E-state index contributed by atoms with van der Waals surface area (Å²) >= 11 is 6.49. The number of nitrogens with zero attached hydrogens (tertiary/aromatic N) is 3. The zero-order chi connectivity index (χ0) is 22.6. The van der Waals surface area contributed by atoms with Crippen LogP contribution in [0.3, 0.4) is 0 Å². The molecular formula is C25H21ClN4O3. The van der Waals surface area contributed by atoms with Gasteiger partial charge in [0.05, 0.1) is 17.2 Å². The van der Waals surface area contributed by atoms with Crippen LogP contribution in [0.1, 0.15) is 18.4 Å². The van der Waals surface area contributed by atoms with Crippen molar-refractivity contribution in [2.45, 2.75) is 19.4 Å². The number of aromatic nitrogens is 4. The van der Waals surface area contributed by atoms with Crippen LogP contribution in [0.25, 0.3) is 22.8 Å². The number of hydrogen-bond acceptors (Lipinski definition) is 6. The van der Waals surface area contributed by atoms with Gasteiger partial charge < -0.3 is 9.47 Å². The Bertz CT molecular complexity index is 1310. The number of H-pyrrole nitrogens is 1. The Morgan fingerprint density at radius 1 is 0.970 bits per heavy atom. The van der Waals surface area contributed by atoms with E-state index in [-0.39, 0.29) is 11.6 Å². The quantitative estimate of drug-likeness (QED) is 0.401. The number of pyridine rings is 1.